The molecule has 0 bridgehead atoms. The van der Waals surface area contributed by atoms with Crippen LogP contribution in [0.1, 0.15) is 38.4 Å². The molecule has 6 heteroatoms. The molecule has 1 aliphatic heterocycles. The number of nitrogens with one attached hydrogen (secondary N) is 2. The smallest absolute Gasteiger partial charge is 0.191 e. The first-order chi connectivity index (χ1) is 11.6. The second-order valence-electron chi connectivity index (χ2n) is 6.64. The van der Waals surface area contributed by atoms with E-state index >= 15 is 0 Å². The predicted octanol–water partition coefficient (Wildman–Crippen LogP) is 3.03. The van der Waals surface area contributed by atoms with Crippen molar-refractivity contribution in [2.24, 2.45) is 4.99 Å². The predicted molar refractivity (Wildman–Crippen MR) is 116 cm³/mol. The number of hydrogen-bond acceptors (Lipinski definition) is 3. The first-order valence-corrected chi connectivity index (χ1v) is 8.93. The highest BCUT2D eigenvalue weighted by Crippen LogP contribution is 2.15. The number of rotatable bonds is 6. The van der Waals surface area contributed by atoms with E-state index in [1.165, 1.54) is 5.56 Å². The van der Waals surface area contributed by atoms with E-state index in [4.69, 9.17) is 4.74 Å². The van der Waals surface area contributed by atoms with Gasteiger partial charge in [-0.1, -0.05) is 30.3 Å². The second-order valence-corrected chi connectivity index (χ2v) is 6.64. The largest absolute Gasteiger partial charge is 0.375 e. The van der Waals surface area contributed by atoms with Gasteiger partial charge in [0.15, 0.2) is 5.96 Å². The maximum atomic E-state index is 5.61. The summed E-state index contributed by atoms with van der Waals surface area (Å²) in [5.41, 5.74) is 1.17. The molecule has 0 spiro atoms. The van der Waals surface area contributed by atoms with Gasteiger partial charge >= 0.3 is 0 Å². The Bertz CT molecular complexity index is 501. The maximum Gasteiger partial charge on any atom is 0.191 e. The zero-order valence-corrected chi connectivity index (χ0v) is 18.2. The average molecular weight is 460 g/mol. The highest BCUT2D eigenvalue weighted by molar-refractivity contribution is 14.0. The van der Waals surface area contributed by atoms with Crippen molar-refractivity contribution >= 4 is 29.9 Å². The fourth-order valence-electron chi connectivity index (χ4n) is 3.14. The number of likely N-dealkylation sites (tertiary alicyclic amines) is 1. The average Bonchev–Trinajstić information content (AvgIpc) is 2.62. The summed E-state index contributed by atoms with van der Waals surface area (Å²) < 4.78 is 5.61. The number of piperidine rings is 1. The zero-order valence-electron chi connectivity index (χ0n) is 15.9. The molecule has 2 N–H and O–H groups in total. The number of methoxy groups -OCH3 is 1. The van der Waals surface area contributed by atoms with E-state index < -0.39 is 0 Å². The van der Waals surface area contributed by atoms with E-state index in [1.807, 2.05) is 25.2 Å². The van der Waals surface area contributed by atoms with Gasteiger partial charge in [-0.05, 0) is 32.3 Å². The molecular weight excluding hydrogens is 427 g/mol. The third-order valence-corrected chi connectivity index (χ3v) is 4.74. The topological polar surface area (TPSA) is 48.9 Å². The standard InChI is InChI=1S/C19H32N4O.HI/c1-15(2)23-12-10-17(11-13-23)22-19(20-3)21-14-18(24-4)16-8-6-5-7-9-16;/h5-9,15,17-18H,10-14H2,1-4H3,(H2,20,21,22);1H. The van der Waals surface area contributed by atoms with Crippen LogP contribution in [0.15, 0.2) is 35.3 Å². The number of ether oxygens (including phenoxy) is 1. The lowest BCUT2D eigenvalue weighted by molar-refractivity contribution is 0.106. The summed E-state index contributed by atoms with van der Waals surface area (Å²) in [7, 11) is 3.57. The molecule has 0 aromatic heterocycles. The van der Waals surface area contributed by atoms with Crippen LogP contribution in [0, 0.1) is 0 Å². The van der Waals surface area contributed by atoms with Crippen LogP contribution < -0.4 is 10.6 Å². The molecule has 142 valence electrons. The molecular formula is C19H33IN4O. The van der Waals surface area contributed by atoms with E-state index in [0.717, 1.165) is 31.9 Å². The number of hydrogen-bond donors (Lipinski definition) is 2. The van der Waals surface area contributed by atoms with Gasteiger partial charge in [0.05, 0.1) is 6.10 Å². The van der Waals surface area contributed by atoms with Crippen LogP contribution in [0.4, 0.5) is 0 Å². The van der Waals surface area contributed by atoms with Crippen molar-refractivity contribution in [3.8, 4) is 0 Å². The fourth-order valence-corrected chi connectivity index (χ4v) is 3.14. The van der Waals surface area contributed by atoms with Crippen molar-refractivity contribution in [2.75, 3.05) is 33.8 Å². The minimum atomic E-state index is 0. The van der Waals surface area contributed by atoms with Crippen LogP contribution in [0.3, 0.4) is 0 Å². The Morgan fingerprint density at radius 1 is 1.24 bits per heavy atom. The third kappa shape index (κ3) is 7.11. The molecule has 0 radical (unpaired) electrons. The zero-order chi connectivity index (χ0) is 17.4. The molecule has 5 nitrogen and oxygen atoms in total. The van der Waals surface area contributed by atoms with Gasteiger partial charge < -0.3 is 20.3 Å². The Balaban J connectivity index is 0.00000312. The minimum absolute atomic E-state index is 0. The van der Waals surface area contributed by atoms with E-state index in [1.54, 1.807) is 7.11 Å². The fraction of sp³-hybridized carbons (Fsp3) is 0.632. The molecule has 0 saturated carbocycles. The van der Waals surface area contributed by atoms with Crippen molar-refractivity contribution in [2.45, 2.75) is 44.9 Å². The SMILES string of the molecule is CN=C(NCC(OC)c1ccccc1)NC1CCN(C(C)C)CC1.I. The molecule has 1 aliphatic rings. The molecule has 1 aromatic rings. The Labute approximate surface area is 169 Å². The first-order valence-electron chi connectivity index (χ1n) is 8.93. The van der Waals surface area contributed by atoms with E-state index in [0.29, 0.717) is 18.6 Å². The lowest BCUT2D eigenvalue weighted by Crippen LogP contribution is -2.50. The maximum absolute atomic E-state index is 5.61. The van der Waals surface area contributed by atoms with E-state index in [-0.39, 0.29) is 30.1 Å². The van der Waals surface area contributed by atoms with Crippen molar-refractivity contribution in [1.29, 1.82) is 0 Å². The van der Waals surface area contributed by atoms with Crippen LogP contribution in [-0.2, 0) is 4.74 Å². The number of guanidine groups is 1. The number of nitrogens with zero attached hydrogens (tertiary/aromatic N) is 2. The summed E-state index contributed by atoms with van der Waals surface area (Å²) in [6, 6.07) is 11.4. The third-order valence-electron chi connectivity index (χ3n) is 4.74. The number of benzene rings is 1. The molecule has 25 heavy (non-hydrogen) atoms. The Hall–Kier alpha value is -0.860. The second kappa shape index (κ2) is 11.7. The quantitative estimate of drug-likeness (QED) is 0.390. The van der Waals surface area contributed by atoms with Crippen LogP contribution >= 0.6 is 24.0 Å². The van der Waals surface area contributed by atoms with E-state index in [9.17, 15) is 0 Å². The molecule has 1 aromatic carbocycles. The van der Waals surface area contributed by atoms with Crippen molar-refractivity contribution in [3.05, 3.63) is 35.9 Å². The molecule has 1 heterocycles. The van der Waals surface area contributed by atoms with Gasteiger partial charge in [0.25, 0.3) is 0 Å². The van der Waals surface area contributed by atoms with Gasteiger partial charge in [0.1, 0.15) is 0 Å². The minimum Gasteiger partial charge on any atom is -0.375 e. The molecule has 0 aliphatic carbocycles. The molecule has 1 saturated heterocycles. The molecule has 2 rings (SSSR count). The summed E-state index contributed by atoms with van der Waals surface area (Å²) in [6.07, 6.45) is 2.34. The van der Waals surface area contributed by atoms with E-state index in [2.05, 4.69) is 46.5 Å². The van der Waals surface area contributed by atoms with Gasteiger partial charge in [-0.3, -0.25) is 4.99 Å². The normalized spacial score (nSPS) is 17.9. The lowest BCUT2D eigenvalue weighted by atomic mass is 10.0. The summed E-state index contributed by atoms with van der Waals surface area (Å²) in [6.45, 7) is 7.53. The van der Waals surface area contributed by atoms with Crippen LogP contribution in [0.25, 0.3) is 0 Å². The Kier molecular flexibility index (Phi) is 10.4. The molecule has 0 amide bonds. The van der Waals surface area contributed by atoms with Gasteiger partial charge in [0.2, 0.25) is 0 Å². The lowest BCUT2D eigenvalue weighted by Gasteiger charge is -2.35. The number of aliphatic imine (C=N–C) groups is 1. The van der Waals surface area contributed by atoms with Gasteiger partial charge in [-0.2, -0.15) is 0 Å². The summed E-state index contributed by atoms with van der Waals surface area (Å²) >= 11 is 0. The van der Waals surface area contributed by atoms with Crippen LogP contribution in [0.2, 0.25) is 0 Å². The van der Waals surface area contributed by atoms with Gasteiger partial charge in [-0.25, -0.2) is 0 Å². The monoisotopic (exact) mass is 460 g/mol. The van der Waals surface area contributed by atoms with Gasteiger partial charge in [0, 0.05) is 45.9 Å². The Morgan fingerprint density at radius 2 is 1.88 bits per heavy atom. The summed E-state index contributed by atoms with van der Waals surface area (Å²) in [5, 5.41) is 6.95. The highest BCUT2D eigenvalue weighted by Gasteiger charge is 2.21. The summed E-state index contributed by atoms with van der Waals surface area (Å²) in [5.74, 6) is 0.857. The van der Waals surface area contributed by atoms with Crippen molar-refractivity contribution < 1.29 is 4.74 Å². The highest BCUT2D eigenvalue weighted by atomic mass is 127. The molecule has 1 unspecified atom stereocenters. The first kappa shape index (κ1) is 22.2. The summed E-state index contributed by atoms with van der Waals surface area (Å²) in [4.78, 5) is 6.89. The van der Waals surface area contributed by atoms with Crippen LogP contribution in [0.5, 0.6) is 0 Å². The molecule has 1 fully saturated rings. The molecule has 1 atom stereocenters. The van der Waals surface area contributed by atoms with Crippen molar-refractivity contribution in [1.82, 2.24) is 15.5 Å². The Morgan fingerprint density at radius 3 is 2.40 bits per heavy atom. The van der Waals surface area contributed by atoms with Gasteiger partial charge in [-0.15, -0.1) is 24.0 Å². The van der Waals surface area contributed by atoms with Crippen LogP contribution in [-0.4, -0.2) is 56.7 Å². The number of halogens is 1. The van der Waals surface area contributed by atoms with Crippen molar-refractivity contribution in [3.63, 3.8) is 0 Å².